The summed E-state index contributed by atoms with van der Waals surface area (Å²) in [5, 5.41) is 0. The lowest BCUT2D eigenvalue weighted by Gasteiger charge is -2.39. The zero-order valence-electron chi connectivity index (χ0n) is 9.54. The minimum absolute atomic E-state index is 0.252. The molecule has 0 N–H and O–H groups in total. The molecule has 0 rings (SSSR count). The molecule has 0 aliphatic heterocycles. The summed E-state index contributed by atoms with van der Waals surface area (Å²) in [6, 6.07) is 0. The molecule has 14 heavy (non-hydrogen) atoms. The number of alkyl halides is 3. The van der Waals surface area contributed by atoms with Gasteiger partial charge in [0.05, 0.1) is 5.41 Å². The molecule has 86 valence electrons. The third-order valence-corrected chi connectivity index (χ3v) is 3.06. The first-order valence-corrected chi connectivity index (χ1v) is 5.38. The smallest absolute Gasteiger partial charge is 0.170 e. The van der Waals surface area contributed by atoms with Gasteiger partial charge in [0.2, 0.25) is 0 Å². The Morgan fingerprint density at radius 1 is 0.929 bits per heavy atom. The topological polar surface area (TPSA) is 0 Å². The Labute approximate surface area is 84.9 Å². The maximum atomic E-state index is 13.0. The highest BCUT2D eigenvalue weighted by molar-refractivity contribution is 4.88. The van der Waals surface area contributed by atoms with Crippen molar-refractivity contribution in [3.8, 4) is 0 Å². The van der Waals surface area contributed by atoms with Crippen LogP contribution in [-0.4, -0.2) is 6.18 Å². The van der Waals surface area contributed by atoms with Gasteiger partial charge >= 0.3 is 6.18 Å². The van der Waals surface area contributed by atoms with Crippen molar-refractivity contribution in [2.24, 2.45) is 11.3 Å². The van der Waals surface area contributed by atoms with Crippen LogP contribution in [0.2, 0.25) is 0 Å². The molecule has 0 amide bonds. The summed E-state index contributed by atoms with van der Waals surface area (Å²) in [5.74, 6) is -0.331. The third-order valence-electron chi connectivity index (χ3n) is 3.06. The summed E-state index contributed by atoms with van der Waals surface area (Å²) in [7, 11) is 0. The predicted molar refractivity (Wildman–Crippen MR) is 53.1 cm³/mol. The second-order valence-corrected chi connectivity index (χ2v) is 4.31. The van der Waals surface area contributed by atoms with Crippen LogP contribution in [0.5, 0.6) is 0 Å². The molecule has 0 aliphatic carbocycles. The Hall–Kier alpha value is -0.210. The van der Waals surface area contributed by atoms with E-state index in [9.17, 15) is 13.2 Å². The van der Waals surface area contributed by atoms with Crippen LogP contribution in [0.1, 0.15) is 53.4 Å². The van der Waals surface area contributed by atoms with E-state index < -0.39 is 11.6 Å². The van der Waals surface area contributed by atoms with Crippen LogP contribution in [0.15, 0.2) is 0 Å². The summed E-state index contributed by atoms with van der Waals surface area (Å²) < 4.78 is 39.0. The van der Waals surface area contributed by atoms with Gasteiger partial charge in [-0.2, -0.15) is 13.2 Å². The maximum Gasteiger partial charge on any atom is 0.394 e. The third kappa shape index (κ3) is 2.64. The van der Waals surface area contributed by atoms with Gasteiger partial charge in [-0.25, -0.2) is 0 Å². The minimum atomic E-state index is -4.06. The zero-order valence-corrected chi connectivity index (χ0v) is 9.54. The van der Waals surface area contributed by atoms with Gasteiger partial charge in [0, 0.05) is 0 Å². The van der Waals surface area contributed by atoms with Gasteiger partial charge in [-0.05, 0) is 18.8 Å². The Balaban J connectivity index is 4.94. The summed E-state index contributed by atoms with van der Waals surface area (Å²) in [4.78, 5) is 0. The molecule has 0 nitrogen and oxygen atoms in total. The Bertz CT molecular complexity index is 152. The fraction of sp³-hybridized carbons (Fsp3) is 1.00. The highest BCUT2D eigenvalue weighted by Crippen LogP contribution is 2.50. The van der Waals surface area contributed by atoms with Gasteiger partial charge in [-0.1, -0.05) is 40.5 Å². The van der Waals surface area contributed by atoms with E-state index in [4.69, 9.17) is 0 Å². The largest absolute Gasteiger partial charge is 0.394 e. The van der Waals surface area contributed by atoms with Gasteiger partial charge in [0.1, 0.15) is 0 Å². The Kier molecular flexibility index (Phi) is 4.96. The minimum Gasteiger partial charge on any atom is -0.170 e. The van der Waals surface area contributed by atoms with Crippen LogP contribution in [-0.2, 0) is 0 Å². The van der Waals surface area contributed by atoms with E-state index in [0.29, 0.717) is 12.8 Å². The molecule has 0 aromatic carbocycles. The Morgan fingerprint density at radius 2 is 1.29 bits per heavy atom. The zero-order chi connectivity index (χ0) is 11.4. The summed E-state index contributed by atoms with van der Waals surface area (Å²) in [6.45, 7) is 6.99. The van der Waals surface area contributed by atoms with Crippen LogP contribution in [0.25, 0.3) is 0 Å². The van der Waals surface area contributed by atoms with E-state index in [0.717, 1.165) is 0 Å². The van der Waals surface area contributed by atoms with Gasteiger partial charge in [0.15, 0.2) is 0 Å². The molecule has 0 aliphatic rings. The van der Waals surface area contributed by atoms with E-state index in [1.165, 1.54) is 0 Å². The van der Waals surface area contributed by atoms with Crippen LogP contribution >= 0.6 is 0 Å². The SMILES string of the molecule is CCCC(CCC)(C(C)C)C(F)(F)F. The summed E-state index contributed by atoms with van der Waals surface area (Å²) in [6.07, 6.45) is -2.37. The highest BCUT2D eigenvalue weighted by Gasteiger charge is 2.54. The first kappa shape index (κ1) is 13.8. The number of hydrogen-bond acceptors (Lipinski definition) is 0. The standard InChI is InChI=1S/C11H21F3/c1-5-7-10(8-6-2,9(3)4)11(12,13)14/h9H,5-8H2,1-4H3. The normalized spacial score (nSPS) is 13.7. The van der Waals surface area contributed by atoms with Crippen molar-refractivity contribution >= 4 is 0 Å². The van der Waals surface area contributed by atoms with E-state index in [-0.39, 0.29) is 18.8 Å². The van der Waals surface area contributed by atoms with E-state index in [1.807, 2.05) is 13.8 Å². The van der Waals surface area contributed by atoms with Crippen molar-refractivity contribution < 1.29 is 13.2 Å². The molecular formula is C11H21F3. The summed E-state index contributed by atoms with van der Waals surface area (Å²) in [5.41, 5.74) is -1.46. The molecule has 0 bridgehead atoms. The molecule has 0 fully saturated rings. The molecule has 0 unspecified atom stereocenters. The molecule has 0 spiro atoms. The van der Waals surface area contributed by atoms with Crippen LogP contribution in [0.3, 0.4) is 0 Å². The maximum absolute atomic E-state index is 13.0. The highest BCUT2D eigenvalue weighted by atomic mass is 19.4. The average molecular weight is 210 g/mol. The fourth-order valence-electron chi connectivity index (χ4n) is 2.21. The lowest BCUT2D eigenvalue weighted by atomic mass is 9.70. The second-order valence-electron chi connectivity index (χ2n) is 4.31. The molecule has 0 aromatic heterocycles. The molecule has 0 aromatic rings. The van der Waals surface area contributed by atoms with Crippen LogP contribution < -0.4 is 0 Å². The quantitative estimate of drug-likeness (QED) is 0.612. The van der Waals surface area contributed by atoms with E-state index in [2.05, 4.69) is 0 Å². The van der Waals surface area contributed by atoms with Crippen LogP contribution in [0, 0.1) is 11.3 Å². The molecule has 0 saturated heterocycles. The molecule has 0 heterocycles. The van der Waals surface area contributed by atoms with Crippen molar-refractivity contribution in [1.82, 2.24) is 0 Å². The predicted octanol–water partition coefficient (Wildman–Crippen LogP) is 4.79. The lowest BCUT2D eigenvalue weighted by molar-refractivity contribution is -0.245. The van der Waals surface area contributed by atoms with Crippen molar-refractivity contribution in [2.45, 2.75) is 59.6 Å². The molecular weight excluding hydrogens is 189 g/mol. The van der Waals surface area contributed by atoms with Gasteiger partial charge in [-0.3, -0.25) is 0 Å². The number of rotatable bonds is 5. The second kappa shape index (κ2) is 5.04. The van der Waals surface area contributed by atoms with Crippen molar-refractivity contribution in [3.05, 3.63) is 0 Å². The first-order chi connectivity index (χ1) is 6.31. The average Bonchev–Trinajstić information content (AvgIpc) is 2.01. The molecule has 0 saturated carbocycles. The van der Waals surface area contributed by atoms with Crippen LogP contribution in [0.4, 0.5) is 13.2 Å². The van der Waals surface area contributed by atoms with Gasteiger partial charge in [0.25, 0.3) is 0 Å². The fourth-order valence-corrected chi connectivity index (χ4v) is 2.21. The lowest BCUT2D eigenvalue weighted by Crippen LogP contribution is -2.42. The van der Waals surface area contributed by atoms with Crippen molar-refractivity contribution in [1.29, 1.82) is 0 Å². The molecule has 3 heteroatoms. The monoisotopic (exact) mass is 210 g/mol. The molecule has 0 radical (unpaired) electrons. The van der Waals surface area contributed by atoms with E-state index in [1.54, 1.807) is 13.8 Å². The van der Waals surface area contributed by atoms with Crippen molar-refractivity contribution in [3.63, 3.8) is 0 Å². The number of halogens is 3. The Morgan fingerprint density at radius 3 is 1.43 bits per heavy atom. The molecule has 0 atom stereocenters. The van der Waals surface area contributed by atoms with Crippen molar-refractivity contribution in [2.75, 3.05) is 0 Å². The van der Waals surface area contributed by atoms with Gasteiger partial charge in [-0.15, -0.1) is 0 Å². The first-order valence-electron chi connectivity index (χ1n) is 5.38. The van der Waals surface area contributed by atoms with E-state index >= 15 is 0 Å². The summed E-state index contributed by atoms with van der Waals surface area (Å²) >= 11 is 0. The number of hydrogen-bond donors (Lipinski definition) is 0. The van der Waals surface area contributed by atoms with Gasteiger partial charge < -0.3 is 0 Å².